The van der Waals surface area contributed by atoms with E-state index in [0.29, 0.717) is 5.25 Å². The second kappa shape index (κ2) is 6.59. The number of rotatable bonds is 4. The first-order valence-corrected chi connectivity index (χ1v) is 8.44. The number of hydrogen-bond acceptors (Lipinski definition) is 4. The Morgan fingerprint density at radius 2 is 2.11 bits per heavy atom. The van der Waals surface area contributed by atoms with Crippen molar-refractivity contribution in [1.82, 2.24) is 10.2 Å². The van der Waals surface area contributed by atoms with Crippen LogP contribution in [-0.4, -0.2) is 49.5 Å². The van der Waals surface area contributed by atoms with Crippen LogP contribution in [-0.2, 0) is 11.3 Å². The van der Waals surface area contributed by atoms with Gasteiger partial charge in [0.25, 0.3) is 0 Å². The predicted molar refractivity (Wildman–Crippen MR) is 82.8 cm³/mol. The number of ether oxygens (including phenoxy) is 1. The average Bonchev–Trinajstić information content (AvgIpc) is 2.37. The topological polar surface area (TPSA) is 24.5 Å². The Morgan fingerprint density at radius 3 is 2.74 bits per heavy atom. The van der Waals surface area contributed by atoms with Crippen molar-refractivity contribution >= 4 is 27.7 Å². The molecule has 0 atom stereocenters. The highest BCUT2D eigenvalue weighted by molar-refractivity contribution is 9.10. The van der Waals surface area contributed by atoms with Crippen LogP contribution in [0.3, 0.4) is 0 Å². The summed E-state index contributed by atoms with van der Waals surface area (Å²) < 4.78 is 6.44. The SMILES string of the molecule is Brc1cc(CN2CCNCC2)ccc1SC1COC1. The van der Waals surface area contributed by atoms with Crippen LogP contribution in [0.5, 0.6) is 0 Å². The quantitative estimate of drug-likeness (QED) is 0.907. The van der Waals surface area contributed by atoms with Crippen molar-refractivity contribution in [2.45, 2.75) is 16.7 Å². The zero-order valence-electron chi connectivity index (χ0n) is 10.9. The van der Waals surface area contributed by atoms with Gasteiger partial charge < -0.3 is 10.1 Å². The number of nitrogens with one attached hydrogen (secondary N) is 1. The summed E-state index contributed by atoms with van der Waals surface area (Å²) in [4.78, 5) is 3.84. The maximum absolute atomic E-state index is 5.22. The van der Waals surface area contributed by atoms with E-state index in [1.165, 1.54) is 14.9 Å². The largest absolute Gasteiger partial charge is 0.379 e. The first-order valence-electron chi connectivity index (χ1n) is 6.77. The highest BCUT2D eigenvalue weighted by Crippen LogP contribution is 2.34. The molecule has 3 nitrogen and oxygen atoms in total. The van der Waals surface area contributed by atoms with Gasteiger partial charge in [0.2, 0.25) is 0 Å². The molecular weight excluding hydrogens is 324 g/mol. The second-order valence-electron chi connectivity index (χ2n) is 5.07. The summed E-state index contributed by atoms with van der Waals surface area (Å²) in [5.74, 6) is 0. The molecule has 1 aromatic carbocycles. The van der Waals surface area contributed by atoms with Crippen molar-refractivity contribution in [3.8, 4) is 0 Å². The molecule has 2 aliphatic heterocycles. The minimum Gasteiger partial charge on any atom is -0.379 e. The lowest BCUT2D eigenvalue weighted by atomic mass is 10.2. The molecule has 104 valence electrons. The Balaban J connectivity index is 1.61. The van der Waals surface area contributed by atoms with Crippen molar-refractivity contribution in [1.29, 1.82) is 0 Å². The van der Waals surface area contributed by atoms with E-state index in [1.54, 1.807) is 0 Å². The maximum atomic E-state index is 5.22. The number of hydrogen-bond donors (Lipinski definition) is 1. The van der Waals surface area contributed by atoms with Crippen LogP contribution in [0.1, 0.15) is 5.56 Å². The number of thioether (sulfide) groups is 1. The van der Waals surface area contributed by atoms with E-state index in [0.717, 1.165) is 45.9 Å². The predicted octanol–water partition coefficient (Wildman–Crippen LogP) is 2.35. The van der Waals surface area contributed by atoms with Crippen molar-refractivity contribution < 1.29 is 4.74 Å². The fourth-order valence-electron chi connectivity index (χ4n) is 2.33. The van der Waals surface area contributed by atoms with Crippen LogP contribution in [0.2, 0.25) is 0 Å². The van der Waals surface area contributed by atoms with Gasteiger partial charge in [-0.2, -0.15) is 0 Å². The summed E-state index contributed by atoms with van der Waals surface area (Å²) in [5, 5.41) is 4.02. The molecule has 2 fully saturated rings. The molecule has 3 rings (SSSR count). The highest BCUT2D eigenvalue weighted by atomic mass is 79.9. The zero-order valence-corrected chi connectivity index (χ0v) is 13.3. The summed E-state index contributed by atoms with van der Waals surface area (Å²) in [6, 6.07) is 6.77. The Kier molecular flexibility index (Phi) is 4.82. The minimum atomic E-state index is 0.635. The average molecular weight is 343 g/mol. The lowest BCUT2D eigenvalue weighted by molar-refractivity contribution is 0.0455. The molecule has 1 N–H and O–H groups in total. The van der Waals surface area contributed by atoms with Gasteiger partial charge in [0.05, 0.1) is 18.5 Å². The zero-order chi connectivity index (χ0) is 13.1. The van der Waals surface area contributed by atoms with E-state index in [4.69, 9.17) is 4.74 Å². The molecule has 19 heavy (non-hydrogen) atoms. The van der Waals surface area contributed by atoms with E-state index in [2.05, 4.69) is 44.3 Å². The molecule has 0 aromatic heterocycles. The van der Waals surface area contributed by atoms with Gasteiger partial charge in [0.1, 0.15) is 0 Å². The lowest BCUT2D eigenvalue weighted by Crippen LogP contribution is -2.42. The third kappa shape index (κ3) is 3.73. The standard InChI is InChI=1S/C14H19BrN2OS/c15-13-7-11(8-17-5-3-16-4-6-17)1-2-14(13)19-12-9-18-10-12/h1-2,7,12,16H,3-6,8-10H2. The monoisotopic (exact) mass is 342 g/mol. The normalized spacial score (nSPS) is 21.3. The molecule has 0 aliphatic carbocycles. The summed E-state index contributed by atoms with van der Waals surface area (Å²) in [5.41, 5.74) is 1.39. The molecule has 0 unspecified atom stereocenters. The number of halogens is 1. The Labute approximate surface area is 127 Å². The summed E-state index contributed by atoms with van der Waals surface area (Å²) in [6.45, 7) is 7.34. The fourth-order valence-corrected chi connectivity index (χ4v) is 4.04. The first kappa shape index (κ1) is 13.9. The molecule has 2 aliphatic rings. The van der Waals surface area contributed by atoms with E-state index < -0.39 is 0 Å². The summed E-state index contributed by atoms with van der Waals surface area (Å²) in [6.07, 6.45) is 0. The van der Waals surface area contributed by atoms with E-state index >= 15 is 0 Å². The second-order valence-corrected chi connectivity index (χ2v) is 7.26. The molecule has 2 heterocycles. The van der Waals surface area contributed by atoms with Gasteiger partial charge in [0.15, 0.2) is 0 Å². The van der Waals surface area contributed by atoms with Gasteiger partial charge in [0, 0.05) is 42.1 Å². The molecular formula is C14H19BrN2OS. The molecule has 0 amide bonds. The summed E-state index contributed by atoms with van der Waals surface area (Å²) >= 11 is 5.62. The third-order valence-corrected chi connectivity index (χ3v) is 5.65. The smallest absolute Gasteiger partial charge is 0.0611 e. The molecule has 0 spiro atoms. The van der Waals surface area contributed by atoms with Crippen LogP contribution in [0.4, 0.5) is 0 Å². The Morgan fingerprint density at radius 1 is 1.32 bits per heavy atom. The minimum absolute atomic E-state index is 0.635. The Bertz CT molecular complexity index is 433. The van der Waals surface area contributed by atoms with Crippen molar-refractivity contribution in [3.05, 3.63) is 28.2 Å². The van der Waals surface area contributed by atoms with Crippen LogP contribution in [0, 0.1) is 0 Å². The van der Waals surface area contributed by atoms with E-state index in [1.807, 2.05) is 11.8 Å². The third-order valence-electron chi connectivity index (χ3n) is 3.51. The van der Waals surface area contributed by atoms with Gasteiger partial charge in [-0.3, -0.25) is 4.90 Å². The van der Waals surface area contributed by atoms with Crippen LogP contribution in [0.25, 0.3) is 0 Å². The molecule has 0 bridgehead atoms. The van der Waals surface area contributed by atoms with Gasteiger partial charge in [-0.1, -0.05) is 6.07 Å². The van der Waals surface area contributed by atoms with Crippen molar-refractivity contribution in [3.63, 3.8) is 0 Å². The van der Waals surface area contributed by atoms with E-state index in [-0.39, 0.29) is 0 Å². The maximum Gasteiger partial charge on any atom is 0.0611 e. The molecule has 2 saturated heterocycles. The molecule has 0 saturated carbocycles. The fraction of sp³-hybridized carbons (Fsp3) is 0.571. The number of piperazine rings is 1. The van der Waals surface area contributed by atoms with Gasteiger partial charge in [-0.25, -0.2) is 0 Å². The van der Waals surface area contributed by atoms with Gasteiger partial charge >= 0.3 is 0 Å². The van der Waals surface area contributed by atoms with E-state index in [9.17, 15) is 0 Å². The first-order chi connectivity index (χ1) is 9.31. The van der Waals surface area contributed by atoms with Gasteiger partial charge in [-0.15, -0.1) is 11.8 Å². The van der Waals surface area contributed by atoms with Crippen LogP contribution >= 0.6 is 27.7 Å². The lowest BCUT2D eigenvalue weighted by Gasteiger charge is -2.28. The Hall–Kier alpha value is -0.0700. The number of nitrogens with zero attached hydrogens (tertiary/aromatic N) is 1. The molecule has 0 radical (unpaired) electrons. The molecule has 5 heteroatoms. The highest BCUT2D eigenvalue weighted by Gasteiger charge is 2.20. The van der Waals surface area contributed by atoms with Crippen LogP contribution in [0.15, 0.2) is 27.6 Å². The number of benzene rings is 1. The van der Waals surface area contributed by atoms with Gasteiger partial charge in [-0.05, 0) is 33.6 Å². The van der Waals surface area contributed by atoms with Crippen LogP contribution < -0.4 is 5.32 Å². The van der Waals surface area contributed by atoms with Crippen molar-refractivity contribution in [2.24, 2.45) is 0 Å². The van der Waals surface area contributed by atoms with Crippen molar-refractivity contribution in [2.75, 3.05) is 39.4 Å². The summed E-state index contributed by atoms with van der Waals surface area (Å²) in [7, 11) is 0. The molecule has 1 aromatic rings.